The molecule has 2 aliphatic rings. The Kier molecular flexibility index (Phi) is 6.58. The number of benzene rings is 3. The number of aryl methyl sites for hydroxylation is 2. The maximum atomic E-state index is 14.1. The molecule has 0 spiro atoms. The van der Waals surface area contributed by atoms with E-state index in [9.17, 15) is 4.39 Å². The van der Waals surface area contributed by atoms with Crippen molar-refractivity contribution in [1.29, 1.82) is 0 Å². The molecule has 8 heteroatoms. The van der Waals surface area contributed by atoms with E-state index in [2.05, 4.69) is 46.4 Å². The van der Waals surface area contributed by atoms with Crippen molar-refractivity contribution in [3.8, 4) is 5.82 Å². The van der Waals surface area contributed by atoms with Gasteiger partial charge in [0.2, 0.25) is 0 Å². The lowest BCUT2D eigenvalue weighted by molar-refractivity contribution is 0.626. The van der Waals surface area contributed by atoms with E-state index < -0.39 is 0 Å². The van der Waals surface area contributed by atoms with Gasteiger partial charge in [-0.05, 0) is 79.4 Å². The number of para-hydroxylation sites is 2. The maximum absolute atomic E-state index is 14.1. The lowest BCUT2D eigenvalue weighted by Gasteiger charge is -2.40. The Labute approximate surface area is 244 Å². The van der Waals surface area contributed by atoms with Gasteiger partial charge in [0.25, 0.3) is 0 Å². The van der Waals surface area contributed by atoms with E-state index in [1.54, 1.807) is 10.9 Å². The molecule has 2 aromatic heterocycles. The summed E-state index contributed by atoms with van der Waals surface area (Å²) in [5.74, 6) is 2.34. The Morgan fingerprint density at radius 3 is 2.43 bits per heavy atom. The summed E-state index contributed by atoms with van der Waals surface area (Å²) in [7, 11) is 0. The molecule has 0 saturated carbocycles. The molecule has 1 unspecified atom stereocenters. The molecule has 2 aliphatic heterocycles. The normalized spacial score (nSPS) is 15.3. The van der Waals surface area contributed by atoms with Gasteiger partial charge in [0.1, 0.15) is 5.82 Å². The first-order valence-electron chi connectivity index (χ1n) is 14.3. The van der Waals surface area contributed by atoms with Crippen LogP contribution in [0.3, 0.4) is 0 Å². The molecular weight excluding hydrogens is 525 g/mol. The molecule has 4 heterocycles. The van der Waals surface area contributed by atoms with Crippen LogP contribution in [0.2, 0.25) is 0 Å². The zero-order valence-corrected chi connectivity index (χ0v) is 23.5. The van der Waals surface area contributed by atoms with Gasteiger partial charge in [-0.15, -0.1) is 0 Å². The summed E-state index contributed by atoms with van der Waals surface area (Å²) < 4.78 is 15.9. The highest BCUT2D eigenvalue weighted by Crippen LogP contribution is 2.48. The Bertz CT molecular complexity index is 1810. The van der Waals surface area contributed by atoms with E-state index in [0.717, 1.165) is 46.7 Å². The van der Waals surface area contributed by atoms with E-state index in [0.29, 0.717) is 23.3 Å². The minimum Gasteiger partial charge on any atom is -0.337 e. The number of rotatable bonds is 6. The van der Waals surface area contributed by atoms with Crippen molar-refractivity contribution in [2.75, 3.05) is 10.2 Å². The minimum absolute atomic E-state index is 0.282. The van der Waals surface area contributed by atoms with Gasteiger partial charge < -0.3 is 10.2 Å². The van der Waals surface area contributed by atoms with Crippen molar-refractivity contribution in [2.45, 2.75) is 39.2 Å². The fourth-order valence-corrected chi connectivity index (χ4v) is 5.67. The van der Waals surface area contributed by atoms with Gasteiger partial charge in [-0.2, -0.15) is 9.78 Å². The predicted molar refractivity (Wildman–Crippen MR) is 166 cm³/mol. The lowest BCUT2D eigenvalue weighted by Crippen LogP contribution is -2.46. The van der Waals surface area contributed by atoms with E-state index in [4.69, 9.17) is 15.1 Å². The van der Waals surface area contributed by atoms with Gasteiger partial charge >= 0.3 is 0 Å². The third-order valence-corrected chi connectivity index (χ3v) is 7.73. The summed E-state index contributed by atoms with van der Waals surface area (Å²) in [5.41, 5.74) is 6.66. The summed E-state index contributed by atoms with van der Waals surface area (Å²) >= 11 is 0. The fourth-order valence-electron chi connectivity index (χ4n) is 5.67. The first-order valence-corrected chi connectivity index (χ1v) is 14.3. The molecule has 0 saturated heterocycles. The van der Waals surface area contributed by atoms with Crippen LogP contribution in [0, 0.1) is 12.7 Å². The molecular formula is C34H30FN7. The third-order valence-electron chi connectivity index (χ3n) is 7.73. The Morgan fingerprint density at radius 1 is 0.881 bits per heavy atom. The smallest absolute Gasteiger partial charge is 0.179 e. The van der Waals surface area contributed by atoms with Crippen LogP contribution in [-0.4, -0.2) is 26.4 Å². The van der Waals surface area contributed by atoms with Gasteiger partial charge in [0.05, 0.1) is 23.1 Å². The molecule has 1 atom stereocenters. The molecule has 0 amide bonds. The zero-order valence-electron chi connectivity index (χ0n) is 23.5. The fraction of sp³-hybridized carbons (Fsp3) is 0.176. The van der Waals surface area contributed by atoms with Crippen LogP contribution in [0.4, 0.5) is 27.3 Å². The number of unbranched alkanes of at least 4 members (excludes halogenated alkanes) is 1. The monoisotopic (exact) mass is 555 g/mol. The number of fused-ring (bicyclic) bond motifs is 4. The van der Waals surface area contributed by atoms with Crippen molar-refractivity contribution < 1.29 is 4.39 Å². The number of aromatic nitrogens is 3. The molecule has 1 N–H and O–H groups in total. The molecule has 0 radical (unpaired) electrons. The molecule has 0 aliphatic carbocycles. The van der Waals surface area contributed by atoms with Crippen molar-refractivity contribution in [3.05, 3.63) is 125 Å². The largest absolute Gasteiger partial charge is 0.337 e. The summed E-state index contributed by atoms with van der Waals surface area (Å²) in [6.07, 6.45) is 5.13. The molecule has 0 bridgehead atoms. The minimum atomic E-state index is -0.324. The number of anilines is 2. The first kappa shape index (κ1) is 25.8. The highest BCUT2D eigenvalue weighted by molar-refractivity contribution is 6.51. The van der Waals surface area contributed by atoms with E-state index in [1.165, 1.54) is 24.1 Å². The second-order valence-electron chi connectivity index (χ2n) is 10.6. The molecule has 5 aromatic rings. The summed E-state index contributed by atoms with van der Waals surface area (Å²) in [5, 5.41) is 8.45. The number of halogens is 1. The van der Waals surface area contributed by atoms with Crippen LogP contribution in [-0.2, 0) is 6.42 Å². The SMILES string of the molecule is CCCCc1ccc(NC2=Nc3ccccc3N3C2=Nc2c(c(C)nn2-c2ccccn2)C3c2ccc(F)cc2)cc1. The van der Waals surface area contributed by atoms with Crippen LogP contribution >= 0.6 is 0 Å². The number of hydrogen-bond acceptors (Lipinski definition) is 6. The summed E-state index contributed by atoms with van der Waals surface area (Å²) in [6, 6.07) is 28.6. The van der Waals surface area contributed by atoms with Crippen molar-refractivity contribution in [1.82, 2.24) is 14.8 Å². The van der Waals surface area contributed by atoms with Gasteiger partial charge in [-0.1, -0.05) is 55.8 Å². The summed E-state index contributed by atoms with van der Waals surface area (Å²) in [4.78, 5) is 17.0. The highest BCUT2D eigenvalue weighted by Gasteiger charge is 2.41. The van der Waals surface area contributed by atoms with Crippen LogP contribution in [0.5, 0.6) is 0 Å². The van der Waals surface area contributed by atoms with Crippen LogP contribution in [0.15, 0.2) is 107 Å². The standard InChI is InChI=1S/C34H30FN7/c1-3-4-9-23-13-19-26(20-14-23)37-32-34-39-33-30(22(2)40-42(33)29-12-7-8-21-36-29)31(24-15-17-25(35)18-16-24)41(34)28-11-6-5-10-27(28)38-32/h5-8,10-21,31H,3-4,9H2,1-2H3,(H,37,38). The Morgan fingerprint density at radius 2 is 1.67 bits per heavy atom. The van der Waals surface area contributed by atoms with E-state index >= 15 is 0 Å². The number of nitrogens with one attached hydrogen (secondary N) is 1. The molecule has 3 aromatic carbocycles. The van der Waals surface area contributed by atoms with E-state index in [-0.39, 0.29) is 11.9 Å². The number of nitrogens with zero attached hydrogens (tertiary/aromatic N) is 6. The first-order chi connectivity index (χ1) is 20.6. The third kappa shape index (κ3) is 4.55. The topological polar surface area (TPSA) is 70.7 Å². The van der Waals surface area contributed by atoms with Crippen LogP contribution in [0.1, 0.15) is 48.2 Å². The van der Waals surface area contributed by atoms with Gasteiger partial charge in [0.15, 0.2) is 23.3 Å². The molecule has 42 heavy (non-hydrogen) atoms. The molecule has 0 fully saturated rings. The molecule has 208 valence electrons. The van der Waals surface area contributed by atoms with Crippen molar-refractivity contribution in [3.63, 3.8) is 0 Å². The Balaban J connectivity index is 1.41. The van der Waals surface area contributed by atoms with Crippen LogP contribution in [0.25, 0.3) is 5.82 Å². The van der Waals surface area contributed by atoms with Gasteiger partial charge in [0, 0.05) is 17.4 Å². The number of pyridine rings is 1. The average molecular weight is 556 g/mol. The molecule has 7 rings (SSSR count). The maximum Gasteiger partial charge on any atom is 0.179 e. The second-order valence-corrected chi connectivity index (χ2v) is 10.6. The quantitative estimate of drug-likeness (QED) is 0.232. The van der Waals surface area contributed by atoms with Crippen molar-refractivity contribution in [2.24, 2.45) is 9.98 Å². The number of amidine groups is 2. The van der Waals surface area contributed by atoms with Crippen LogP contribution < -0.4 is 10.2 Å². The van der Waals surface area contributed by atoms with Crippen molar-refractivity contribution >= 4 is 34.6 Å². The van der Waals surface area contributed by atoms with Gasteiger partial charge in [-0.3, -0.25) is 0 Å². The number of hydrogen-bond donors (Lipinski definition) is 1. The lowest BCUT2D eigenvalue weighted by atomic mass is 9.93. The Hall–Kier alpha value is -5.11. The average Bonchev–Trinajstić information content (AvgIpc) is 3.36. The highest BCUT2D eigenvalue weighted by atomic mass is 19.1. The molecule has 7 nitrogen and oxygen atoms in total. The predicted octanol–water partition coefficient (Wildman–Crippen LogP) is 7.85. The second kappa shape index (κ2) is 10.7. The number of aliphatic imine (C=N–C) groups is 2. The zero-order chi connectivity index (χ0) is 28.6. The van der Waals surface area contributed by atoms with Gasteiger partial charge in [-0.25, -0.2) is 19.4 Å². The van der Waals surface area contributed by atoms with E-state index in [1.807, 2.05) is 61.5 Å². The summed E-state index contributed by atoms with van der Waals surface area (Å²) in [6.45, 7) is 4.19.